The Hall–Kier alpha value is -2.96. The van der Waals surface area contributed by atoms with Gasteiger partial charge in [0.2, 0.25) is 5.75 Å². The van der Waals surface area contributed by atoms with Gasteiger partial charge in [0.05, 0.1) is 0 Å². The van der Waals surface area contributed by atoms with Gasteiger partial charge in [-0.1, -0.05) is 6.07 Å². The number of anilines is 1. The smallest absolute Gasteiger partial charge is 0.406 e. The molecule has 2 aromatic rings. The average Bonchev–Trinajstić information content (AvgIpc) is 2.44. The molecule has 7 nitrogen and oxygen atoms in total. The minimum absolute atomic E-state index is 0.0388. The fourth-order valence-corrected chi connectivity index (χ4v) is 2.02. The number of aromatic nitrogens is 1. The van der Waals surface area contributed by atoms with Crippen molar-refractivity contribution in [2.45, 2.75) is 13.8 Å². The Morgan fingerprint density at radius 2 is 2.00 bits per heavy atom. The number of benzene rings is 1. The second kappa shape index (κ2) is 6.66. The first kappa shape index (κ1) is 15.4. The number of carbonyl (C=O) groups excluding carboxylic acids is 1. The Kier molecular flexibility index (Phi) is 4.67. The summed E-state index contributed by atoms with van der Waals surface area (Å²) >= 11 is 0. The number of ether oxygens (including phenoxy) is 1. The van der Waals surface area contributed by atoms with Gasteiger partial charge in [0.25, 0.3) is 5.91 Å². The number of nitrogens with zero attached hydrogens (tertiary/aromatic N) is 2. The van der Waals surface area contributed by atoms with Crippen molar-refractivity contribution in [1.82, 2.24) is 4.98 Å². The topological polar surface area (TPSA) is 94.4 Å². The molecule has 0 aliphatic carbocycles. The van der Waals surface area contributed by atoms with Crippen LogP contribution in [-0.4, -0.2) is 22.4 Å². The quantitative estimate of drug-likeness (QED) is 0.676. The first-order chi connectivity index (χ1) is 10.5. The van der Waals surface area contributed by atoms with Crippen LogP contribution in [0.3, 0.4) is 0 Å². The zero-order valence-electron chi connectivity index (χ0n) is 12.2. The highest BCUT2D eigenvalue weighted by Gasteiger charge is 2.16. The number of carbonyl (C=O) groups is 1. The molecular weight excluding hydrogens is 286 g/mol. The van der Waals surface area contributed by atoms with Crippen molar-refractivity contribution >= 4 is 17.4 Å². The third-order valence-corrected chi connectivity index (χ3v) is 2.79. The lowest BCUT2D eigenvalue weighted by Crippen LogP contribution is -2.20. The summed E-state index contributed by atoms with van der Waals surface area (Å²) in [5, 5.41) is 13.5. The Morgan fingerprint density at radius 3 is 2.64 bits per heavy atom. The molecule has 1 aromatic heterocycles. The number of nitrogens with one attached hydrogen (secondary N) is 1. The Labute approximate surface area is 127 Å². The van der Waals surface area contributed by atoms with Gasteiger partial charge in [0.1, 0.15) is 6.20 Å². The fraction of sp³-hybridized carbons (Fsp3) is 0.200. The Morgan fingerprint density at radius 1 is 1.32 bits per heavy atom. The lowest BCUT2D eigenvalue weighted by Gasteiger charge is -2.09. The SMILES string of the molecule is Cc1cc(C)cc(NC(=O)COc2cccnc2[N+](=O)[O-])c1. The van der Waals surface area contributed by atoms with Gasteiger partial charge < -0.3 is 20.2 Å². The molecule has 1 amide bonds. The zero-order valence-corrected chi connectivity index (χ0v) is 12.2. The highest BCUT2D eigenvalue weighted by molar-refractivity contribution is 5.92. The van der Waals surface area contributed by atoms with Crippen molar-refractivity contribution in [2.24, 2.45) is 0 Å². The van der Waals surface area contributed by atoms with Crippen molar-refractivity contribution in [1.29, 1.82) is 0 Å². The van der Waals surface area contributed by atoms with E-state index in [9.17, 15) is 14.9 Å². The normalized spacial score (nSPS) is 10.1. The molecule has 7 heteroatoms. The molecule has 1 N–H and O–H groups in total. The van der Waals surface area contributed by atoms with Crippen molar-refractivity contribution in [2.75, 3.05) is 11.9 Å². The summed E-state index contributed by atoms with van der Waals surface area (Å²) in [7, 11) is 0. The van der Waals surface area contributed by atoms with E-state index in [2.05, 4.69) is 10.3 Å². The molecule has 0 spiro atoms. The van der Waals surface area contributed by atoms with Crippen molar-refractivity contribution < 1.29 is 14.5 Å². The number of pyridine rings is 1. The van der Waals surface area contributed by atoms with Crippen LogP contribution in [0.25, 0.3) is 0 Å². The second-order valence-corrected chi connectivity index (χ2v) is 4.80. The maximum atomic E-state index is 11.9. The van der Waals surface area contributed by atoms with Gasteiger partial charge in [-0.3, -0.25) is 4.79 Å². The third kappa shape index (κ3) is 4.02. The predicted octanol–water partition coefficient (Wildman–Crippen LogP) is 2.62. The van der Waals surface area contributed by atoms with Crippen LogP contribution in [0, 0.1) is 24.0 Å². The number of hydrogen-bond acceptors (Lipinski definition) is 5. The van der Waals surface area contributed by atoms with E-state index in [4.69, 9.17) is 4.74 Å². The maximum Gasteiger partial charge on any atom is 0.406 e. The molecular formula is C15H15N3O4. The Balaban J connectivity index is 2.00. The molecule has 0 aliphatic rings. The van der Waals surface area contributed by atoms with E-state index >= 15 is 0 Å². The molecule has 0 atom stereocenters. The van der Waals surface area contributed by atoms with E-state index in [1.54, 1.807) is 0 Å². The molecule has 0 bridgehead atoms. The number of rotatable bonds is 5. The largest absolute Gasteiger partial charge is 0.476 e. The molecule has 22 heavy (non-hydrogen) atoms. The van der Waals surface area contributed by atoms with E-state index in [1.807, 2.05) is 32.0 Å². The number of amides is 1. The van der Waals surface area contributed by atoms with Gasteiger partial charge in [0.15, 0.2) is 6.61 Å². The van der Waals surface area contributed by atoms with Crippen LogP contribution >= 0.6 is 0 Å². The molecule has 0 saturated carbocycles. The van der Waals surface area contributed by atoms with Crippen molar-refractivity contribution in [3.05, 3.63) is 57.8 Å². The summed E-state index contributed by atoms with van der Waals surface area (Å²) in [5.41, 5.74) is 2.71. The van der Waals surface area contributed by atoms with Gasteiger partial charge in [-0.25, -0.2) is 0 Å². The van der Waals surface area contributed by atoms with Crippen LogP contribution < -0.4 is 10.1 Å². The second-order valence-electron chi connectivity index (χ2n) is 4.80. The van der Waals surface area contributed by atoms with E-state index in [-0.39, 0.29) is 12.4 Å². The first-order valence-electron chi connectivity index (χ1n) is 6.56. The van der Waals surface area contributed by atoms with Gasteiger partial charge in [-0.05, 0) is 59.1 Å². The van der Waals surface area contributed by atoms with Gasteiger partial charge >= 0.3 is 5.82 Å². The number of aryl methyl sites for hydroxylation is 2. The molecule has 0 saturated heterocycles. The lowest BCUT2D eigenvalue weighted by atomic mass is 10.1. The standard InChI is InChI=1S/C15H15N3O4/c1-10-6-11(2)8-12(7-10)17-14(19)9-22-13-4-3-5-16-15(13)18(20)21/h3-8H,9H2,1-2H3,(H,17,19). The third-order valence-electron chi connectivity index (χ3n) is 2.79. The average molecular weight is 301 g/mol. The molecule has 0 fully saturated rings. The zero-order chi connectivity index (χ0) is 16.1. The van der Waals surface area contributed by atoms with Crippen LogP contribution in [0.2, 0.25) is 0 Å². The van der Waals surface area contributed by atoms with Crippen molar-refractivity contribution in [3.8, 4) is 5.75 Å². The van der Waals surface area contributed by atoms with Crippen LogP contribution in [0.5, 0.6) is 5.75 Å². The van der Waals surface area contributed by atoms with Crippen LogP contribution in [0.1, 0.15) is 11.1 Å². The van der Waals surface area contributed by atoms with Crippen LogP contribution in [0.15, 0.2) is 36.5 Å². The molecule has 1 aromatic carbocycles. The molecule has 0 unspecified atom stereocenters. The number of hydrogen-bond donors (Lipinski definition) is 1. The van der Waals surface area contributed by atoms with Crippen LogP contribution in [-0.2, 0) is 4.79 Å². The molecule has 1 heterocycles. The summed E-state index contributed by atoms with van der Waals surface area (Å²) in [6.45, 7) is 3.52. The maximum absolute atomic E-state index is 11.9. The Bertz CT molecular complexity index is 695. The molecule has 0 radical (unpaired) electrons. The highest BCUT2D eigenvalue weighted by atomic mass is 16.6. The highest BCUT2D eigenvalue weighted by Crippen LogP contribution is 2.22. The van der Waals surface area contributed by atoms with Gasteiger partial charge in [-0.2, -0.15) is 0 Å². The summed E-state index contributed by atoms with van der Waals surface area (Å²) in [6, 6.07) is 8.55. The van der Waals surface area contributed by atoms with Crippen LogP contribution in [0.4, 0.5) is 11.5 Å². The molecule has 2 rings (SSSR count). The monoisotopic (exact) mass is 301 g/mol. The first-order valence-corrected chi connectivity index (χ1v) is 6.56. The minimum Gasteiger partial charge on any atom is -0.476 e. The van der Waals surface area contributed by atoms with Gasteiger partial charge in [0, 0.05) is 5.69 Å². The lowest BCUT2D eigenvalue weighted by molar-refractivity contribution is -0.390. The minimum atomic E-state index is -0.656. The van der Waals surface area contributed by atoms with E-state index in [0.29, 0.717) is 5.69 Å². The summed E-state index contributed by atoms with van der Waals surface area (Å²) in [6.07, 6.45) is 1.29. The predicted molar refractivity (Wildman–Crippen MR) is 80.9 cm³/mol. The summed E-state index contributed by atoms with van der Waals surface area (Å²) in [4.78, 5) is 25.6. The fourth-order valence-electron chi connectivity index (χ4n) is 2.02. The van der Waals surface area contributed by atoms with E-state index in [1.165, 1.54) is 18.3 Å². The summed E-state index contributed by atoms with van der Waals surface area (Å²) in [5.74, 6) is -0.854. The van der Waals surface area contributed by atoms with Crippen molar-refractivity contribution in [3.63, 3.8) is 0 Å². The molecule has 0 aliphatic heterocycles. The molecule has 114 valence electrons. The summed E-state index contributed by atoms with van der Waals surface area (Å²) < 4.78 is 5.18. The van der Waals surface area contributed by atoms with E-state index < -0.39 is 16.6 Å². The van der Waals surface area contributed by atoms with E-state index in [0.717, 1.165) is 11.1 Å². The number of nitro groups is 1. The van der Waals surface area contributed by atoms with Gasteiger partial charge in [-0.15, -0.1) is 0 Å².